The number of aromatic amines is 1. The van der Waals surface area contributed by atoms with E-state index in [0.29, 0.717) is 25.3 Å². The van der Waals surface area contributed by atoms with E-state index in [9.17, 15) is 4.79 Å². The molecule has 2 aliphatic heterocycles. The van der Waals surface area contributed by atoms with Gasteiger partial charge < -0.3 is 24.7 Å². The summed E-state index contributed by atoms with van der Waals surface area (Å²) in [4.78, 5) is 26.8. The van der Waals surface area contributed by atoms with Gasteiger partial charge in [0.05, 0.1) is 11.4 Å². The highest BCUT2D eigenvalue weighted by molar-refractivity contribution is 5.76. The maximum Gasteiger partial charge on any atom is 0.231 e. The summed E-state index contributed by atoms with van der Waals surface area (Å²) in [6.07, 6.45) is 5.64. The van der Waals surface area contributed by atoms with Crippen molar-refractivity contribution in [1.29, 1.82) is 0 Å². The van der Waals surface area contributed by atoms with Gasteiger partial charge in [-0.2, -0.15) is 0 Å². The first-order chi connectivity index (χ1) is 14.7. The smallest absolute Gasteiger partial charge is 0.231 e. The number of amides is 1. The zero-order valence-electron chi connectivity index (χ0n) is 16.5. The van der Waals surface area contributed by atoms with Crippen LogP contribution in [-0.4, -0.2) is 46.8 Å². The number of carbonyl (C=O) groups is 1. The number of benzene rings is 1. The lowest BCUT2D eigenvalue weighted by molar-refractivity contribution is -0.121. The molecule has 4 heterocycles. The summed E-state index contributed by atoms with van der Waals surface area (Å²) in [7, 11) is 0. The van der Waals surface area contributed by atoms with Gasteiger partial charge in [-0.05, 0) is 48.7 Å². The number of fused-ring (bicyclic) bond motifs is 1. The molecule has 0 aliphatic carbocycles. The molecular formula is C22H23N5O3. The number of nitrogens with one attached hydrogen (secondary N) is 2. The van der Waals surface area contributed by atoms with Crippen LogP contribution in [0.5, 0.6) is 11.5 Å². The highest BCUT2D eigenvalue weighted by atomic mass is 16.7. The average molecular weight is 405 g/mol. The Balaban J connectivity index is 1.14. The van der Waals surface area contributed by atoms with Crippen molar-refractivity contribution in [2.75, 3.05) is 24.8 Å². The first kappa shape index (κ1) is 18.5. The predicted octanol–water partition coefficient (Wildman–Crippen LogP) is 2.53. The normalized spacial score (nSPS) is 17.3. The fourth-order valence-corrected chi connectivity index (χ4v) is 3.85. The molecule has 1 atom stereocenters. The minimum Gasteiger partial charge on any atom is -0.454 e. The van der Waals surface area contributed by atoms with Crippen molar-refractivity contribution in [3.05, 3.63) is 54.4 Å². The van der Waals surface area contributed by atoms with E-state index in [-0.39, 0.29) is 18.7 Å². The van der Waals surface area contributed by atoms with Gasteiger partial charge in [0.1, 0.15) is 0 Å². The van der Waals surface area contributed by atoms with E-state index >= 15 is 0 Å². The van der Waals surface area contributed by atoms with Crippen molar-refractivity contribution in [1.82, 2.24) is 20.3 Å². The van der Waals surface area contributed by atoms with Crippen LogP contribution in [0.2, 0.25) is 0 Å². The van der Waals surface area contributed by atoms with E-state index in [2.05, 4.69) is 25.2 Å². The molecule has 30 heavy (non-hydrogen) atoms. The standard InChI is InChI=1S/C22H23N5O3/c28-21(6-4-15-3-5-19-20(12-15)30-14-29-19)25-16-8-11-27(13-16)22-24-10-7-18(26-22)17-2-1-9-23-17/h1-3,5,7,9-10,12,16,23H,4,6,8,11,13-14H2,(H,25,28). The van der Waals surface area contributed by atoms with Crippen LogP contribution in [0.3, 0.4) is 0 Å². The molecule has 1 unspecified atom stereocenters. The fraction of sp³-hybridized carbons (Fsp3) is 0.318. The molecule has 1 amide bonds. The number of anilines is 1. The summed E-state index contributed by atoms with van der Waals surface area (Å²) in [6.45, 7) is 1.79. The van der Waals surface area contributed by atoms with Crippen LogP contribution in [0.25, 0.3) is 11.4 Å². The fourth-order valence-electron chi connectivity index (χ4n) is 3.85. The summed E-state index contributed by atoms with van der Waals surface area (Å²) in [5.41, 5.74) is 2.89. The van der Waals surface area contributed by atoms with Gasteiger partial charge in [-0.1, -0.05) is 6.07 Å². The lowest BCUT2D eigenvalue weighted by Crippen LogP contribution is -2.37. The lowest BCUT2D eigenvalue weighted by Gasteiger charge is -2.17. The number of nitrogens with zero attached hydrogens (tertiary/aromatic N) is 3. The van der Waals surface area contributed by atoms with E-state index in [0.717, 1.165) is 41.4 Å². The number of aryl methyl sites for hydroxylation is 1. The Hall–Kier alpha value is -3.55. The van der Waals surface area contributed by atoms with Gasteiger partial charge in [-0.15, -0.1) is 0 Å². The van der Waals surface area contributed by atoms with E-state index in [1.807, 2.05) is 42.6 Å². The van der Waals surface area contributed by atoms with E-state index in [4.69, 9.17) is 9.47 Å². The maximum absolute atomic E-state index is 12.4. The largest absolute Gasteiger partial charge is 0.454 e. The molecule has 8 nitrogen and oxygen atoms in total. The molecule has 154 valence electrons. The number of aromatic nitrogens is 3. The molecule has 0 bridgehead atoms. The molecule has 3 aromatic rings. The first-order valence-electron chi connectivity index (χ1n) is 10.1. The van der Waals surface area contributed by atoms with Crippen molar-refractivity contribution in [3.8, 4) is 22.9 Å². The second-order valence-electron chi connectivity index (χ2n) is 7.51. The van der Waals surface area contributed by atoms with Crippen LogP contribution < -0.4 is 19.7 Å². The second kappa shape index (κ2) is 8.06. The molecular weight excluding hydrogens is 382 g/mol. The van der Waals surface area contributed by atoms with Crippen molar-refractivity contribution in [2.24, 2.45) is 0 Å². The molecule has 5 rings (SSSR count). The molecule has 2 aromatic heterocycles. The lowest BCUT2D eigenvalue weighted by atomic mass is 10.1. The summed E-state index contributed by atoms with van der Waals surface area (Å²) < 4.78 is 10.7. The Morgan fingerprint density at radius 2 is 2.17 bits per heavy atom. The number of ether oxygens (including phenoxy) is 2. The molecule has 2 aliphatic rings. The van der Waals surface area contributed by atoms with Crippen LogP contribution in [0, 0.1) is 0 Å². The molecule has 0 spiro atoms. The zero-order valence-corrected chi connectivity index (χ0v) is 16.5. The molecule has 2 N–H and O–H groups in total. The number of carbonyl (C=O) groups excluding carboxylic acids is 1. The minimum absolute atomic E-state index is 0.0561. The quantitative estimate of drug-likeness (QED) is 0.655. The number of hydrogen-bond donors (Lipinski definition) is 2. The Morgan fingerprint density at radius 3 is 3.07 bits per heavy atom. The van der Waals surface area contributed by atoms with E-state index < -0.39 is 0 Å². The Bertz CT molecular complexity index is 1040. The third-order valence-corrected chi connectivity index (χ3v) is 5.43. The van der Waals surface area contributed by atoms with E-state index in [1.54, 1.807) is 6.20 Å². The van der Waals surface area contributed by atoms with Gasteiger partial charge in [0.2, 0.25) is 18.6 Å². The van der Waals surface area contributed by atoms with Gasteiger partial charge in [0.15, 0.2) is 11.5 Å². The topological polar surface area (TPSA) is 92.4 Å². The van der Waals surface area contributed by atoms with Gasteiger partial charge in [-0.3, -0.25) is 4.79 Å². The van der Waals surface area contributed by atoms with Gasteiger partial charge in [0, 0.05) is 37.9 Å². The van der Waals surface area contributed by atoms with E-state index in [1.165, 1.54) is 0 Å². The Kier molecular flexibility index (Phi) is 4.96. The summed E-state index contributed by atoms with van der Waals surface area (Å²) in [6, 6.07) is 11.7. The number of H-pyrrole nitrogens is 1. The number of rotatable bonds is 6. The second-order valence-corrected chi connectivity index (χ2v) is 7.51. The molecule has 0 saturated carbocycles. The molecule has 1 saturated heterocycles. The molecule has 8 heteroatoms. The van der Waals surface area contributed by atoms with Crippen molar-refractivity contribution in [3.63, 3.8) is 0 Å². The highest BCUT2D eigenvalue weighted by Crippen LogP contribution is 2.32. The van der Waals surface area contributed by atoms with Crippen molar-refractivity contribution >= 4 is 11.9 Å². The third kappa shape index (κ3) is 3.94. The SMILES string of the molecule is O=C(CCc1ccc2c(c1)OCO2)NC1CCN(c2nccc(-c3ccc[nH]3)n2)C1. The van der Waals surface area contributed by atoms with Gasteiger partial charge in [-0.25, -0.2) is 9.97 Å². The maximum atomic E-state index is 12.4. The van der Waals surface area contributed by atoms with Crippen molar-refractivity contribution < 1.29 is 14.3 Å². The highest BCUT2D eigenvalue weighted by Gasteiger charge is 2.26. The number of hydrogen-bond acceptors (Lipinski definition) is 6. The Morgan fingerprint density at radius 1 is 1.23 bits per heavy atom. The summed E-state index contributed by atoms with van der Waals surface area (Å²) in [5.74, 6) is 2.26. The monoisotopic (exact) mass is 405 g/mol. The minimum atomic E-state index is 0.0561. The molecule has 0 radical (unpaired) electrons. The molecule has 1 fully saturated rings. The van der Waals surface area contributed by atoms with Gasteiger partial charge >= 0.3 is 0 Å². The summed E-state index contributed by atoms with van der Waals surface area (Å²) in [5, 5.41) is 3.15. The predicted molar refractivity (Wildman–Crippen MR) is 111 cm³/mol. The van der Waals surface area contributed by atoms with Crippen LogP contribution >= 0.6 is 0 Å². The van der Waals surface area contributed by atoms with Gasteiger partial charge in [0.25, 0.3) is 0 Å². The molecule has 1 aromatic carbocycles. The Labute approximate surface area is 174 Å². The average Bonchev–Trinajstić information content (AvgIpc) is 3.53. The van der Waals surface area contributed by atoms with Crippen LogP contribution in [0.4, 0.5) is 5.95 Å². The zero-order chi connectivity index (χ0) is 20.3. The van der Waals surface area contributed by atoms with Crippen LogP contribution in [0.1, 0.15) is 18.4 Å². The van der Waals surface area contributed by atoms with Crippen LogP contribution in [0.15, 0.2) is 48.8 Å². The van der Waals surface area contributed by atoms with Crippen LogP contribution in [-0.2, 0) is 11.2 Å². The first-order valence-corrected chi connectivity index (χ1v) is 10.1. The van der Waals surface area contributed by atoms with Crippen molar-refractivity contribution in [2.45, 2.75) is 25.3 Å². The third-order valence-electron chi connectivity index (χ3n) is 5.43. The summed E-state index contributed by atoms with van der Waals surface area (Å²) >= 11 is 0.